The van der Waals surface area contributed by atoms with Crippen molar-refractivity contribution in [2.24, 2.45) is 11.1 Å². The first-order valence-electron chi connectivity index (χ1n) is 7.07. The van der Waals surface area contributed by atoms with Crippen LogP contribution in [-0.2, 0) is 0 Å². The van der Waals surface area contributed by atoms with Crippen LogP contribution < -0.4 is 5.73 Å². The first kappa shape index (κ1) is 14.2. The molecule has 1 saturated carbocycles. The van der Waals surface area contributed by atoms with Crippen LogP contribution in [0.2, 0.25) is 0 Å². The summed E-state index contributed by atoms with van der Waals surface area (Å²) in [4.78, 5) is 5.88. The van der Waals surface area contributed by atoms with E-state index in [1.54, 1.807) is 0 Å². The molecule has 0 atom stereocenters. The van der Waals surface area contributed by atoms with Crippen molar-refractivity contribution in [1.29, 1.82) is 0 Å². The van der Waals surface area contributed by atoms with Crippen LogP contribution in [0.5, 0.6) is 0 Å². The summed E-state index contributed by atoms with van der Waals surface area (Å²) in [5.74, 6) is 0. The van der Waals surface area contributed by atoms with E-state index in [1.165, 1.54) is 45.6 Å². The Hall–Kier alpha value is -0.190. The lowest BCUT2D eigenvalue weighted by atomic mass is 10.0. The highest BCUT2D eigenvalue weighted by Gasteiger charge is 2.44. The lowest BCUT2D eigenvalue weighted by Crippen LogP contribution is -2.54. The van der Waals surface area contributed by atoms with Crippen LogP contribution in [0.25, 0.3) is 0 Å². The van der Waals surface area contributed by atoms with Crippen LogP contribution in [0.1, 0.15) is 40.0 Å². The Morgan fingerprint density at radius 2 is 1.72 bits per heavy atom. The van der Waals surface area contributed by atoms with E-state index < -0.39 is 0 Å². The maximum absolute atomic E-state index is 5.71. The van der Waals surface area contributed by atoms with Gasteiger partial charge in [-0.3, -0.25) is 4.90 Å². The molecule has 0 spiro atoms. The zero-order valence-corrected chi connectivity index (χ0v) is 12.9. The fraction of sp³-hybridized carbons (Fsp3) is 0.929. The minimum absolute atomic E-state index is 0.308. The molecule has 0 bridgehead atoms. The van der Waals surface area contributed by atoms with Crippen molar-refractivity contribution in [3.05, 3.63) is 0 Å². The van der Waals surface area contributed by atoms with Gasteiger partial charge in [0.1, 0.15) is 0 Å². The topological polar surface area (TPSA) is 32.5 Å². The average Bonchev–Trinajstić information content (AvgIpc) is 2.96. The smallest absolute Gasteiger partial charge is 0.0733 e. The van der Waals surface area contributed by atoms with E-state index in [1.807, 2.05) is 0 Å². The van der Waals surface area contributed by atoms with E-state index in [9.17, 15) is 0 Å². The van der Waals surface area contributed by atoms with Crippen molar-refractivity contribution in [2.75, 3.05) is 32.7 Å². The van der Waals surface area contributed by atoms with Gasteiger partial charge in [0.05, 0.1) is 4.99 Å². The van der Waals surface area contributed by atoms with Gasteiger partial charge in [-0.15, -0.1) is 0 Å². The van der Waals surface area contributed by atoms with Gasteiger partial charge in [0.15, 0.2) is 0 Å². The van der Waals surface area contributed by atoms with E-state index in [4.69, 9.17) is 18.0 Å². The summed E-state index contributed by atoms with van der Waals surface area (Å²) in [6.07, 6.45) is 3.56. The number of hydrogen-bond acceptors (Lipinski definition) is 3. The second-order valence-electron chi connectivity index (χ2n) is 7.08. The second kappa shape index (κ2) is 5.06. The molecule has 0 radical (unpaired) electrons. The molecule has 0 amide bonds. The van der Waals surface area contributed by atoms with Gasteiger partial charge in [-0.1, -0.05) is 12.2 Å². The molecule has 0 unspecified atom stereocenters. The summed E-state index contributed by atoms with van der Waals surface area (Å²) >= 11 is 5.07. The van der Waals surface area contributed by atoms with E-state index in [0.29, 0.717) is 15.9 Å². The lowest BCUT2D eigenvalue weighted by Gasteiger charge is -2.43. The number of nitrogens with zero attached hydrogens (tertiary/aromatic N) is 2. The minimum atomic E-state index is 0.308. The Morgan fingerprint density at radius 1 is 1.17 bits per heavy atom. The molecule has 1 aliphatic carbocycles. The van der Waals surface area contributed by atoms with Gasteiger partial charge in [-0.2, -0.15) is 0 Å². The third-order valence-corrected chi connectivity index (χ3v) is 4.53. The second-order valence-corrected chi connectivity index (χ2v) is 7.60. The number of thiocarbonyl (C=S) groups is 1. The van der Waals surface area contributed by atoms with E-state index in [0.717, 1.165) is 6.42 Å². The monoisotopic (exact) mass is 269 g/mol. The lowest BCUT2D eigenvalue weighted by molar-refractivity contribution is 0.0536. The van der Waals surface area contributed by atoms with E-state index in [-0.39, 0.29) is 0 Å². The van der Waals surface area contributed by atoms with Gasteiger partial charge in [0.2, 0.25) is 0 Å². The largest absolute Gasteiger partial charge is 0.393 e. The van der Waals surface area contributed by atoms with Gasteiger partial charge in [0.25, 0.3) is 0 Å². The molecular weight excluding hydrogens is 242 g/mol. The third kappa shape index (κ3) is 3.65. The SMILES string of the molecule is CC(C)(C)N1CCN(CC2(CC(N)=S)CC2)CC1. The first-order valence-corrected chi connectivity index (χ1v) is 7.47. The minimum Gasteiger partial charge on any atom is -0.393 e. The number of nitrogens with two attached hydrogens (primary N) is 1. The van der Waals surface area contributed by atoms with Crippen molar-refractivity contribution in [3.63, 3.8) is 0 Å². The predicted molar refractivity (Wildman–Crippen MR) is 80.8 cm³/mol. The molecule has 3 nitrogen and oxygen atoms in total. The first-order chi connectivity index (χ1) is 8.31. The summed E-state index contributed by atoms with van der Waals surface area (Å²) in [6, 6.07) is 0. The fourth-order valence-electron chi connectivity index (χ4n) is 2.99. The van der Waals surface area contributed by atoms with Gasteiger partial charge >= 0.3 is 0 Å². The van der Waals surface area contributed by atoms with Gasteiger partial charge < -0.3 is 10.6 Å². The molecule has 2 N–H and O–H groups in total. The van der Waals surface area contributed by atoms with Gasteiger partial charge in [-0.05, 0) is 39.0 Å². The Kier molecular flexibility index (Phi) is 4.00. The molecule has 18 heavy (non-hydrogen) atoms. The molecule has 1 aliphatic heterocycles. The van der Waals surface area contributed by atoms with E-state index >= 15 is 0 Å². The zero-order valence-electron chi connectivity index (χ0n) is 12.0. The number of hydrogen-bond donors (Lipinski definition) is 1. The van der Waals surface area contributed by atoms with Crippen LogP contribution in [0.4, 0.5) is 0 Å². The van der Waals surface area contributed by atoms with Crippen molar-refractivity contribution in [3.8, 4) is 0 Å². The number of rotatable bonds is 4. The molecule has 1 heterocycles. The Labute approximate surface area is 117 Å². The van der Waals surface area contributed by atoms with E-state index in [2.05, 4.69) is 30.6 Å². The van der Waals surface area contributed by atoms with Crippen LogP contribution in [0.15, 0.2) is 0 Å². The van der Waals surface area contributed by atoms with Crippen molar-refractivity contribution < 1.29 is 0 Å². The van der Waals surface area contributed by atoms with Crippen LogP contribution in [-0.4, -0.2) is 53.1 Å². The predicted octanol–water partition coefficient (Wildman–Crippen LogP) is 1.86. The summed E-state index contributed by atoms with van der Waals surface area (Å²) in [5.41, 5.74) is 6.46. The molecular formula is C14H27N3S. The molecule has 0 aromatic rings. The molecule has 0 aromatic carbocycles. The third-order valence-electron chi connectivity index (χ3n) is 4.39. The summed E-state index contributed by atoms with van der Waals surface area (Å²) in [5, 5.41) is 0. The molecule has 4 heteroatoms. The number of piperazine rings is 1. The standard InChI is InChI=1S/C14H27N3S/c1-13(2,3)17-8-6-16(7-9-17)11-14(4-5-14)10-12(15)18/h4-11H2,1-3H3,(H2,15,18). The Bertz CT molecular complexity index is 309. The van der Waals surface area contributed by atoms with Crippen LogP contribution >= 0.6 is 12.2 Å². The van der Waals surface area contributed by atoms with Crippen LogP contribution in [0, 0.1) is 5.41 Å². The van der Waals surface area contributed by atoms with Crippen LogP contribution in [0.3, 0.4) is 0 Å². The highest BCUT2D eigenvalue weighted by atomic mass is 32.1. The molecule has 2 aliphatic rings. The molecule has 2 rings (SSSR count). The maximum Gasteiger partial charge on any atom is 0.0733 e. The molecule has 104 valence electrons. The average molecular weight is 269 g/mol. The Morgan fingerprint density at radius 3 is 2.11 bits per heavy atom. The highest BCUT2D eigenvalue weighted by Crippen LogP contribution is 2.49. The highest BCUT2D eigenvalue weighted by molar-refractivity contribution is 7.80. The zero-order chi connectivity index (χ0) is 13.4. The maximum atomic E-state index is 5.71. The quantitative estimate of drug-likeness (QED) is 0.790. The summed E-state index contributed by atoms with van der Waals surface area (Å²) in [7, 11) is 0. The van der Waals surface area contributed by atoms with Crippen molar-refractivity contribution in [1.82, 2.24) is 9.80 Å². The molecule has 0 aromatic heterocycles. The van der Waals surface area contributed by atoms with Gasteiger partial charge in [0, 0.05) is 44.7 Å². The normalized spacial score (nSPS) is 25.1. The fourth-order valence-corrected chi connectivity index (χ4v) is 3.29. The van der Waals surface area contributed by atoms with Crippen molar-refractivity contribution >= 4 is 17.2 Å². The molecule has 1 saturated heterocycles. The van der Waals surface area contributed by atoms with Crippen molar-refractivity contribution in [2.45, 2.75) is 45.6 Å². The van der Waals surface area contributed by atoms with Gasteiger partial charge in [-0.25, -0.2) is 0 Å². The Balaban J connectivity index is 1.79. The summed E-state index contributed by atoms with van der Waals surface area (Å²) < 4.78 is 0. The summed E-state index contributed by atoms with van der Waals surface area (Å²) in [6.45, 7) is 12.9. The molecule has 2 fully saturated rings.